The van der Waals surface area contributed by atoms with E-state index in [0.29, 0.717) is 34.6 Å². The summed E-state index contributed by atoms with van der Waals surface area (Å²) >= 11 is 12.4. The van der Waals surface area contributed by atoms with E-state index in [4.69, 9.17) is 33.0 Å². The molecule has 2 rings (SSSR count). The number of ether oxygens (including phenoxy) is 1. The van der Waals surface area contributed by atoms with Crippen LogP contribution in [0.1, 0.15) is 29.3 Å². The minimum atomic E-state index is -0.961. The van der Waals surface area contributed by atoms with Gasteiger partial charge in [0.2, 0.25) is 0 Å². The summed E-state index contributed by atoms with van der Waals surface area (Å²) in [5.74, 6) is -0.469. The lowest BCUT2D eigenvalue weighted by Gasteiger charge is -2.12. The number of anilines is 1. The van der Waals surface area contributed by atoms with E-state index in [1.807, 2.05) is 6.92 Å². The molecular weight excluding hydrogens is 337 g/mol. The van der Waals surface area contributed by atoms with Gasteiger partial charge in [-0.25, -0.2) is 4.79 Å². The van der Waals surface area contributed by atoms with E-state index in [1.165, 1.54) is 0 Å². The van der Waals surface area contributed by atoms with Gasteiger partial charge in [0.25, 0.3) is 0 Å². The summed E-state index contributed by atoms with van der Waals surface area (Å²) in [5.41, 5.74) is 1.82. The minimum Gasteiger partial charge on any atom is -0.490 e. The summed E-state index contributed by atoms with van der Waals surface area (Å²) in [6.07, 6.45) is 0.871. The standard InChI is InChI=1S/C17H17Cl2NO3/c1-2-6-23-16-14(18)7-11(8-15(16)19)10-20-13-5-3-4-12(9-13)17(21)22/h3-5,7-9,20H,2,6,10H2,1H3,(H,21,22). The summed E-state index contributed by atoms with van der Waals surface area (Å²) in [6, 6.07) is 10.2. The van der Waals surface area contributed by atoms with Gasteiger partial charge in [-0.1, -0.05) is 36.2 Å². The Kier molecular flexibility index (Phi) is 6.13. The fraction of sp³-hybridized carbons (Fsp3) is 0.235. The molecule has 0 atom stereocenters. The fourth-order valence-corrected chi connectivity index (χ4v) is 2.66. The maximum atomic E-state index is 11.0. The van der Waals surface area contributed by atoms with Crippen molar-refractivity contribution in [2.75, 3.05) is 11.9 Å². The lowest BCUT2D eigenvalue weighted by atomic mass is 10.2. The smallest absolute Gasteiger partial charge is 0.335 e. The third-order valence-electron chi connectivity index (χ3n) is 3.11. The Morgan fingerprint density at radius 1 is 1.22 bits per heavy atom. The minimum absolute atomic E-state index is 0.231. The lowest BCUT2D eigenvalue weighted by molar-refractivity contribution is 0.0697. The van der Waals surface area contributed by atoms with Gasteiger partial charge in [0.05, 0.1) is 22.2 Å². The molecule has 0 fully saturated rings. The van der Waals surface area contributed by atoms with Gasteiger partial charge in [-0.3, -0.25) is 0 Å². The van der Waals surface area contributed by atoms with Crippen LogP contribution in [0.2, 0.25) is 10.0 Å². The van der Waals surface area contributed by atoms with Crippen molar-refractivity contribution < 1.29 is 14.6 Å². The molecule has 0 heterocycles. The van der Waals surface area contributed by atoms with Gasteiger partial charge in [0, 0.05) is 12.2 Å². The Hall–Kier alpha value is -1.91. The zero-order chi connectivity index (χ0) is 16.8. The van der Waals surface area contributed by atoms with Crippen LogP contribution in [0.25, 0.3) is 0 Å². The number of rotatable bonds is 7. The molecule has 0 aromatic heterocycles. The van der Waals surface area contributed by atoms with Crippen LogP contribution < -0.4 is 10.1 Å². The topological polar surface area (TPSA) is 58.6 Å². The molecule has 0 bridgehead atoms. The average Bonchev–Trinajstić information content (AvgIpc) is 2.52. The normalized spacial score (nSPS) is 10.4. The second kappa shape index (κ2) is 8.09. The summed E-state index contributed by atoms with van der Waals surface area (Å²) < 4.78 is 5.53. The van der Waals surface area contributed by atoms with E-state index in [1.54, 1.807) is 36.4 Å². The molecular formula is C17H17Cl2NO3. The molecule has 122 valence electrons. The molecule has 0 aliphatic heterocycles. The molecule has 0 unspecified atom stereocenters. The highest BCUT2D eigenvalue weighted by atomic mass is 35.5. The van der Waals surface area contributed by atoms with Crippen molar-refractivity contribution in [3.8, 4) is 5.75 Å². The van der Waals surface area contributed by atoms with Gasteiger partial charge < -0.3 is 15.2 Å². The van der Waals surface area contributed by atoms with Gasteiger partial charge in [-0.05, 0) is 42.3 Å². The van der Waals surface area contributed by atoms with E-state index >= 15 is 0 Å². The molecule has 2 aromatic carbocycles. The van der Waals surface area contributed by atoms with Crippen LogP contribution in [-0.2, 0) is 6.54 Å². The van der Waals surface area contributed by atoms with Crippen molar-refractivity contribution >= 4 is 34.9 Å². The first kappa shape index (κ1) is 17.4. The third-order valence-corrected chi connectivity index (χ3v) is 3.68. The van der Waals surface area contributed by atoms with E-state index in [-0.39, 0.29) is 5.56 Å². The van der Waals surface area contributed by atoms with Crippen LogP contribution in [0, 0.1) is 0 Å². The first-order chi connectivity index (χ1) is 11.0. The molecule has 2 N–H and O–H groups in total. The van der Waals surface area contributed by atoms with Crippen LogP contribution in [0.3, 0.4) is 0 Å². The predicted octanol–water partition coefficient (Wildman–Crippen LogP) is 5.09. The van der Waals surface area contributed by atoms with Crippen LogP contribution >= 0.6 is 23.2 Å². The molecule has 0 saturated heterocycles. The van der Waals surface area contributed by atoms with Gasteiger partial charge in [0.15, 0.2) is 5.75 Å². The Morgan fingerprint density at radius 3 is 2.52 bits per heavy atom. The molecule has 0 amide bonds. The predicted molar refractivity (Wildman–Crippen MR) is 93.0 cm³/mol. The highest BCUT2D eigenvalue weighted by molar-refractivity contribution is 6.37. The number of carbonyl (C=O) groups is 1. The third kappa shape index (κ3) is 4.78. The first-order valence-electron chi connectivity index (χ1n) is 7.19. The number of carboxylic acids is 1. The first-order valence-corrected chi connectivity index (χ1v) is 7.94. The van der Waals surface area contributed by atoms with Gasteiger partial charge in [-0.15, -0.1) is 0 Å². The molecule has 0 aliphatic carbocycles. The van der Waals surface area contributed by atoms with Crippen molar-refractivity contribution in [1.29, 1.82) is 0 Å². The van der Waals surface area contributed by atoms with Crippen molar-refractivity contribution in [3.05, 3.63) is 57.6 Å². The van der Waals surface area contributed by atoms with Crippen molar-refractivity contribution in [3.63, 3.8) is 0 Å². The zero-order valence-corrected chi connectivity index (χ0v) is 14.1. The van der Waals surface area contributed by atoms with Gasteiger partial charge in [-0.2, -0.15) is 0 Å². The van der Waals surface area contributed by atoms with Crippen LogP contribution in [0.15, 0.2) is 36.4 Å². The number of benzene rings is 2. The summed E-state index contributed by atoms with van der Waals surface area (Å²) in [6.45, 7) is 3.03. The second-order valence-corrected chi connectivity index (χ2v) is 5.79. The SMILES string of the molecule is CCCOc1c(Cl)cc(CNc2cccc(C(=O)O)c2)cc1Cl. The van der Waals surface area contributed by atoms with Crippen molar-refractivity contribution in [2.45, 2.75) is 19.9 Å². The fourth-order valence-electron chi connectivity index (χ4n) is 2.02. The Bertz CT molecular complexity index is 681. The van der Waals surface area contributed by atoms with E-state index in [2.05, 4.69) is 5.32 Å². The number of nitrogens with one attached hydrogen (secondary N) is 1. The Balaban J connectivity index is 2.09. The molecule has 0 radical (unpaired) electrons. The Morgan fingerprint density at radius 2 is 1.91 bits per heavy atom. The molecule has 0 aliphatic rings. The molecule has 6 heteroatoms. The molecule has 23 heavy (non-hydrogen) atoms. The number of carboxylic acid groups (broad SMARTS) is 1. The second-order valence-electron chi connectivity index (χ2n) is 4.98. The van der Waals surface area contributed by atoms with Crippen molar-refractivity contribution in [2.24, 2.45) is 0 Å². The number of halogens is 2. The number of hydrogen-bond donors (Lipinski definition) is 2. The highest BCUT2D eigenvalue weighted by Crippen LogP contribution is 2.34. The quantitative estimate of drug-likeness (QED) is 0.727. The zero-order valence-electron chi connectivity index (χ0n) is 12.6. The monoisotopic (exact) mass is 353 g/mol. The average molecular weight is 354 g/mol. The summed E-state index contributed by atoms with van der Waals surface area (Å²) in [4.78, 5) is 11.0. The molecule has 0 saturated carbocycles. The maximum Gasteiger partial charge on any atom is 0.335 e. The van der Waals surface area contributed by atoms with E-state index in [0.717, 1.165) is 12.0 Å². The summed E-state index contributed by atoms with van der Waals surface area (Å²) in [5, 5.41) is 13.1. The maximum absolute atomic E-state index is 11.0. The van der Waals surface area contributed by atoms with Gasteiger partial charge in [0.1, 0.15) is 0 Å². The van der Waals surface area contributed by atoms with Crippen LogP contribution in [0.4, 0.5) is 5.69 Å². The molecule has 2 aromatic rings. The highest BCUT2D eigenvalue weighted by Gasteiger charge is 2.10. The number of aromatic carboxylic acids is 1. The lowest BCUT2D eigenvalue weighted by Crippen LogP contribution is -2.03. The molecule has 4 nitrogen and oxygen atoms in total. The van der Waals surface area contributed by atoms with E-state index < -0.39 is 5.97 Å². The molecule has 0 spiro atoms. The van der Waals surface area contributed by atoms with Crippen LogP contribution in [0.5, 0.6) is 5.75 Å². The Labute approximate surface area is 145 Å². The number of hydrogen-bond acceptors (Lipinski definition) is 3. The largest absolute Gasteiger partial charge is 0.490 e. The van der Waals surface area contributed by atoms with Crippen LogP contribution in [-0.4, -0.2) is 17.7 Å². The van der Waals surface area contributed by atoms with E-state index in [9.17, 15) is 4.79 Å². The van der Waals surface area contributed by atoms with Gasteiger partial charge >= 0.3 is 5.97 Å². The summed E-state index contributed by atoms with van der Waals surface area (Å²) in [7, 11) is 0. The van der Waals surface area contributed by atoms with Crippen molar-refractivity contribution in [1.82, 2.24) is 0 Å².